The first-order valence-electron chi connectivity index (χ1n) is 5.99. The van der Waals surface area contributed by atoms with Crippen LogP contribution in [0.25, 0.3) is 0 Å². The molecule has 0 bridgehead atoms. The molecule has 2 aromatic rings. The molecule has 0 aliphatic heterocycles. The third-order valence-corrected chi connectivity index (χ3v) is 4.40. The average Bonchev–Trinajstić information content (AvgIpc) is 2.42. The van der Waals surface area contributed by atoms with E-state index in [0.717, 1.165) is 4.90 Å². The summed E-state index contributed by atoms with van der Waals surface area (Å²) in [6.45, 7) is 2.02. The molecule has 20 heavy (non-hydrogen) atoms. The zero-order valence-corrected chi connectivity index (χ0v) is 13.1. The first-order chi connectivity index (χ1) is 9.56. The van der Waals surface area contributed by atoms with Crippen molar-refractivity contribution in [2.75, 3.05) is 11.1 Å². The molecule has 2 aromatic carbocycles. The highest BCUT2D eigenvalue weighted by Crippen LogP contribution is 2.29. The van der Waals surface area contributed by atoms with Crippen LogP contribution < -0.4 is 5.32 Å². The summed E-state index contributed by atoms with van der Waals surface area (Å²) in [6.07, 6.45) is 0. The molecule has 1 amide bonds. The molecule has 2 nitrogen and oxygen atoms in total. The second kappa shape index (κ2) is 7.02. The fraction of sp³-hybridized carbons (Fsp3) is 0.133. The molecule has 0 aliphatic carbocycles. The largest absolute Gasteiger partial charge is 0.324 e. The Bertz CT molecular complexity index is 631. The van der Waals surface area contributed by atoms with Gasteiger partial charge in [-0.3, -0.25) is 4.79 Å². The summed E-state index contributed by atoms with van der Waals surface area (Å²) in [5, 5.41) is 3.55. The number of amides is 1. The molecule has 2 rings (SSSR count). The number of carbonyl (C=O) groups is 1. The fourth-order valence-corrected chi connectivity index (χ4v) is 2.80. The maximum Gasteiger partial charge on any atom is 0.234 e. The lowest BCUT2D eigenvalue weighted by atomic mass is 10.2. The molecule has 0 radical (unpaired) electrons. The molecular formula is C15H13Cl2NOS. The van der Waals surface area contributed by atoms with Crippen molar-refractivity contribution < 1.29 is 4.79 Å². The number of carbonyl (C=O) groups excluding carboxylic acids is 1. The van der Waals surface area contributed by atoms with E-state index in [1.165, 1.54) is 17.3 Å². The Labute approximate surface area is 132 Å². The van der Waals surface area contributed by atoms with E-state index in [2.05, 4.69) is 5.32 Å². The van der Waals surface area contributed by atoms with Gasteiger partial charge in [0.05, 0.1) is 21.5 Å². The first-order valence-corrected chi connectivity index (χ1v) is 7.74. The van der Waals surface area contributed by atoms with Crippen molar-refractivity contribution in [3.63, 3.8) is 0 Å². The highest BCUT2D eigenvalue weighted by molar-refractivity contribution is 8.00. The Morgan fingerprint density at radius 1 is 1.20 bits per heavy atom. The molecule has 0 fully saturated rings. The highest BCUT2D eigenvalue weighted by atomic mass is 35.5. The van der Waals surface area contributed by atoms with E-state index in [1.807, 2.05) is 31.2 Å². The molecule has 1 N–H and O–H groups in total. The van der Waals surface area contributed by atoms with Crippen LogP contribution in [0.3, 0.4) is 0 Å². The smallest absolute Gasteiger partial charge is 0.234 e. The summed E-state index contributed by atoms with van der Waals surface area (Å²) in [7, 11) is 0. The van der Waals surface area contributed by atoms with Crippen molar-refractivity contribution in [2.45, 2.75) is 11.8 Å². The van der Waals surface area contributed by atoms with Gasteiger partial charge in [0, 0.05) is 4.90 Å². The summed E-state index contributed by atoms with van der Waals surface area (Å²) < 4.78 is 0. The molecule has 0 unspecified atom stereocenters. The quantitative estimate of drug-likeness (QED) is 0.798. The highest BCUT2D eigenvalue weighted by Gasteiger charge is 2.08. The number of hydrogen-bond acceptors (Lipinski definition) is 2. The summed E-state index contributed by atoms with van der Waals surface area (Å²) >= 11 is 13.4. The Morgan fingerprint density at radius 2 is 1.95 bits per heavy atom. The molecule has 0 atom stereocenters. The van der Waals surface area contributed by atoms with E-state index >= 15 is 0 Å². The van der Waals surface area contributed by atoms with Crippen LogP contribution in [0.4, 0.5) is 5.69 Å². The van der Waals surface area contributed by atoms with E-state index in [-0.39, 0.29) is 5.91 Å². The second-order valence-corrected chi connectivity index (χ2v) is 6.09. The van der Waals surface area contributed by atoms with Gasteiger partial charge in [0.15, 0.2) is 0 Å². The Morgan fingerprint density at radius 3 is 2.70 bits per heavy atom. The van der Waals surface area contributed by atoms with E-state index in [1.54, 1.807) is 18.2 Å². The topological polar surface area (TPSA) is 29.1 Å². The summed E-state index contributed by atoms with van der Waals surface area (Å²) in [6, 6.07) is 13.2. The van der Waals surface area contributed by atoms with Crippen LogP contribution in [0.15, 0.2) is 47.4 Å². The lowest BCUT2D eigenvalue weighted by Crippen LogP contribution is -2.14. The monoisotopic (exact) mass is 325 g/mol. The second-order valence-electron chi connectivity index (χ2n) is 4.25. The van der Waals surface area contributed by atoms with Crippen LogP contribution in [-0.2, 0) is 4.79 Å². The Hall–Kier alpha value is -1.16. The molecule has 0 saturated heterocycles. The van der Waals surface area contributed by atoms with Gasteiger partial charge in [0.2, 0.25) is 5.91 Å². The van der Waals surface area contributed by atoms with Crippen molar-refractivity contribution in [2.24, 2.45) is 0 Å². The van der Waals surface area contributed by atoms with Crippen molar-refractivity contribution in [3.05, 3.63) is 58.1 Å². The van der Waals surface area contributed by atoms with Crippen molar-refractivity contribution in [1.29, 1.82) is 0 Å². The predicted molar refractivity (Wildman–Crippen MR) is 87.0 cm³/mol. The molecular weight excluding hydrogens is 313 g/mol. The van der Waals surface area contributed by atoms with Crippen LogP contribution in [0.1, 0.15) is 5.56 Å². The Balaban J connectivity index is 1.94. The number of rotatable bonds is 4. The minimum Gasteiger partial charge on any atom is -0.324 e. The first kappa shape index (κ1) is 15.2. The van der Waals surface area contributed by atoms with Gasteiger partial charge in [-0.05, 0) is 31.2 Å². The maximum absolute atomic E-state index is 11.9. The van der Waals surface area contributed by atoms with E-state index in [4.69, 9.17) is 23.2 Å². The van der Waals surface area contributed by atoms with Gasteiger partial charge in [-0.1, -0.05) is 47.0 Å². The van der Waals surface area contributed by atoms with Gasteiger partial charge < -0.3 is 5.32 Å². The number of hydrogen-bond donors (Lipinski definition) is 1. The number of aryl methyl sites for hydroxylation is 1. The molecule has 104 valence electrons. The Kier molecular flexibility index (Phi) is 5.35. The van der Waals surface area contributed by atoms with E-state index in [9.17, 15) is 4.79 Å². The lowest BCUT2D eigenvalue weighted by Gasteiger charge is -2.08. The molecule has 0 heterocycles. The van der Waals surface area contributed by atoms with Crippen LogP contribution >= 0.6 is 35.0 Å². The van der Waals surface area contributed by atoms with Gasteiger partial charge in [0.1, 0.15) is 0 Å². The third-order valence-electron chi connectivity index (χ3n) is 2.59. The summed E-state index contributed by atoms with van der Waals surface area (Å²) in [4.78, 5) is 13.0. The van der Waals surface area contributed by atoms with Crippen molar-refractivity contribution in [1.82, 2.24) is 0 Å². The summed E-state index contributed by atoms with van der Waals surface area (Å²) in [5.41, 5.74) is 1.71. The molecule has 0 aliphatic rings. The van der Waals surface area contributed by atoms with Crippen LogP contribution in [-0.4, -0.2) is 11.7 Å². The van der Waals surface area contributed by atoms with Gasteiger partial charge in [-0.2, -0.15) is 0 Å². The van der Waals surface area contributed by atoms with Crippen LogP contribution in [0, 0.1) is 6.92 Å². The standard InChI is InChI=1S/C15H13Cl2NOS/c1-10-4-2-5-11(8-10)20-9-14(19)18-13-7-3-6-12(16)15(13)17/h2-8H,9H2,1H3,(H,18,19). The number of benzene rings is 2. The zero-order valence-electron chi connectivity index (χ0n) is 10.8. The average molecular weight is 326 g/mol. The SMILES string of the molecule is Cc1cccc(SCC(=O)Nc2cccc(Cl)c2Cl)c1. The number of thioether (sulfide) groups is 1. The van der Waals surface area contributed by atoms with Gasteiger partial charge in [0.25, 0.3) is 0 Å². The third kappa shape index (κ3) is 4.17. The van der Waals surface area contributed by atoms with Crippen LogP contribution in [0.5, 0.6) is 0 Å². The zero-order chi connectivity index (χ0) is 14.5. The predicted octanol–water partition coefficient (Wildman–Crippen LogP) is 5.03. The molecule has 0 aromatic heterocycles. The number of nitrogens with one attached hydrogen (secondary N) is 1. The van der Waals surface area contributed by atoms with Gasteiger partial charge in [-0.25, -0.2) is 0 Å². The van der Waals surface area contributed by atoms with Crippen molar-refractivity contribution >= 4 is 46.6 Å². The number of anilines is 1. The van der Waals surface area contributed by atoms with Gasteiger partial charge in [-0.15, -0.1) is 11.8 Å². The number of halogens is 2. The molecule has 5 heteroatoms. The fourth-order valence-electron chi connectivity index (χ4n) is 1.64. The van der Waals surface area contributed by atoms with Crippen molar-refractivity contribution in [3.8, 4) is 0 Å². The minimum absolute atomic E-state index is 0.110. The van der Waals surface area contributed by atoms with E-state index in [0.29, 0.717) is 21.5 Å². The normalized spacial score (nSPS) is 10.3. The lowest BCUT2D eigenvalue weighted by molar-refractivity contribution is -0.113. The van der Waals surface area contributed by atoms with Gasteiger partial charge >= 0.3 is 0 Å². The maximum atomic E-state index is 11.9. The molecule has 0 saturated carbocycles. The van der Waals surface area contributed by atoms with E-state index < -0.39 is 0 Å². The van der Waals surface area contributed by atoms with Crippen LogP contribution in [0.2, 0.25) is 10.0 Å². The minimum atomic E-state index is -0.110. The summed E-state index contributed by atoms with van der Waals surface area (Å²) in [5.74, 6) is 0.215. The molecule has 0 spiro atoms.